The summed E-state index contributed by atoms with van der Waals surface area (Å²) < 4.78 is 7.39. The summed E-state index contributed by atoms with van der Waals surface area (Å²) in [5.41, 5.74) is 2.78. The lowest BCUT2D eigenvalue weighted by molar-refractivity contribution is 0.0576. The van der Waals surface area contributed by atoms with Gasteiger partial charge in [0.25, 0.3) is 0 Å². The Morgan fingerprint density at radius 3 is 2.50 bits per heavy atom. The number of hydrogen-bond donors (Lipinski definition) is 1. The summed E-state index contributed by atoms with van der Waals surface area (Å²) in [7, 11) is 0. The lowest BCUT2D eigenvalue weighted by atomic mass is 9.97. The second-order valence-corrected chi connectivity index (χ2v) is 8.72. The third-order valence-electron chi connectivity index (χ3n) is 6.81. The van der Waals surface area contributed by atoms with Crippen LogP contribution >= 0.6 is 0 Å². The fourth-order valence-corrected chi connectivity index (χ4v) is 5.08. The molecule has 1 aromatic carbocycles. The van der Waals surface area contributed by atoms with Crippen LogP contribution in [0.2, 0.25) is 0 Å². The molecular weight excluding hydrogens is 406 g/mol. The SMILES string of the molecule is O=C(OCc1cccnc1)N1CCC(N2CCC(n3c(=O)[nH]c4ccccc43)CC2)CC1. The maximum Gasteiger partial charge on any atom is 0.410 e. The number of carbonyl (C=O) groups is 1. The lowest BCUT2D eigenvalue weighted by Gasteiger charge is -2.41. The lowest BCUT2D eigenvalue weighted by Crippen LogP contribution is -2.49. The summed E-state index contributed by atoms with van der Waals surface area (Å²) in [4.78, 5) is 36.3. The summed E-state index contributed by atoms with van der Waals surface area (Å²) in [6.45, 7) is 3.66. The Balaban J connectivity index is 1.11. The summed E-state index contributed by atoms with van der Waals surface area (Å²) in [6.07, 6.45) is 7.03. The number of nitrogens with zero attached hydrogens (tertiary/aromatic N) is 4. The van der Waals surface area contributed by atoms with Gasteiger partial charge in [-0.25, -0.2) is 9.59 Å². The second-order valence-electron chi connectivity index (χ2n) is 8.72. The van der Waals surface area contributed by atoms with Crippen LogP contribution in [0.1, 0.15) is 37.3 Å². The van der Waals surface area contributed by atoms with Gasteiger partial charge in [0.2, 0.25) is 0 Å². The van der Waals surface area contributed by atoms with Crippen molar-refractivity contribution < 1.29 is 9.53 Å². The molecule has 2 fully saturated rings. The Kier molecular flexibility index (Phi) is 5.94. The molecule has 4 heterocycles. The smallest absolute Gasteiger partial charge is 0.410 e. The number of imidazole rings is 1. The topological polar surface area (TPSA) is 83.5 Å². The van der Waals surface area contributed by atoms with Crippen LogP contribution < -0.4 is 5.69 Å². The number of likely N-dealkylation sites (tertiary alicyclic amines) is 2. The fourth-order valence-electron chi connectivity index (χ4n) is 5.08. The molecule has 1 amide bonds. The average molecular weight is 436 g/mol. The van der Waals surface area contributed by atoms with E-state index >= 15 is 0 Å². The number of aromatic nitrogens is 3. The predicted molar refractivity (Wildman–Crippen MR) is 121 cm³/mol. The normalized spacial score (nSPS) is 18.8. The quantitative estimate of drug-likeness (QED) is 0.681. The highest BCUT2D eigenvalue weighted by Gasteiger charge is 2.31. The molecular formula is C24H29N5O3. The Hall–Kier alpha value is -3.13. The molecule has 0 spiro atoms. The van der Waals surface area contributed by atoms with Gasteiger partial charge in [-0.05, 0) is 43.9 Å². The minimum atomic E-state index is -0.246. The maximum absolute atomic E-state index is 12.5. The molecule has 8 heteroatoms. The highest BCUT2D eigenvalue weighted by molar-refractivity contribution is 5.75. The van der Waals surface area contributed by atoms with E-state index in [4.69, 9.17) is 4.74 Å². The number of pyridine rings is 1. The molecule has 2 saturated heterocycles. The van der Waals surface area contributed by atoms with E-state index in [1.807, 2.05) is 45.9 Å². The first-order valence-electron chi connectivity index (χ1n) is 11.4. The molecule has 32 heavy (non-hydrogen) atoms. The highest BCUT2D eigenvalue weighted by atomic mass is 16.6. The van der Waals surface area contributed by atoms with Gasteiger partial charge in [0.1, 0.15) is 6.61 Å². The molecule has 0 radical (unpaired) electrons. The Bertz CT molecular complexity index is 1110. The van der Waals surface area contributed by atoms with Crippen molar-refractivity contribution in [2.45, 2.75) is 44.4 Å². The van der Waals surface area contributed by atoms with Crippen LogP contribution in [0.25, 0.3) is 11.0 Å². The number of nitrogens with one attached hydrogen (secondary N) is 1. The zero-order valence-electron chi connectivity index (χ0n) is 18.2. The number of fused-ring (bicyclic) bond motifs is 1. The molecule has 5 rings (SSSR count). The van der Waals surface area contributed by atoms with Crippen LogP contribution in [0.15, 0.2) is 53.6 Å². The van der Waals surface area contributed by atoms with Crippen molar-refractivity contribution in [2.75, 3.05) is 26.2 Å². The number of hydrogen-bond acceptors (Lipinski definition) is 5. The first-order valence-corrected chi connectivity index (χ1v) is 11.4. The van der Waals surface area contributed by atoms with Gasteiger partial charge in [0.15, 0.2) is 0 Å². The van der Waals surface area contributed by atoms with E-state index in [2.05, 4.69) is 14.9 Å². The molecule has 0 saturated carbocycles. The summed E-state index contributed by atoms with van der Waals surface area (Å²) >= 11 is 0. The van der Waals surface area contributed by atoms with Crippen LogP contribution in [-0.4, -0.2) is 62.6 Å². The van der Waals surface area contributed by atoms with Gasteiger partial charge in [0, 0.05) is 56.2 Å². The molecule has 2 aromatic heterocycles. The van der Waals surface area contributed by atoms with Gasteiger partial charge in [0.05, 0.1) is 11.0 Å². The van der Waals surface area contributed by atoms with Gasteiger partial charge in [-0.1, -0.05) is 18.2 Å². The van der Waals surface area contributed by atoms with Gasteiger partial charge < -0.3 is 19.5 Å². The van der Waals surface area contributed by atoms with E-state index in [-0.39, 0.29) is 24.4 Å². The van der Waals surface area contributed by atoms with Crippen LogP contribution in [0.4, 0.5) is 4.79 Å². The molecule has 1 N–H and O–H groups in total. The van der Waals surface area contributed by atoms with Crippen molar-refractivity contribution in [1.29, 1.82) is 0 Å². The van der Waals surface area contributed by atoms with Crippen molar-refractivity contribution in [3.8, 4) is 0 Å². The van der Waals surface area contributed by atoms with Crippen LogP contribution in [0, 0.1) is 0 Å². The van der Waals surface area contributed by atoms with Crippen molar-refractivity contribution in [3.63, 3.8) is 0 Å². The van der Waals surface area contributed by atoms with Gasteiger partial charge in [-0.15, -0.1) is 0 Å². The molecule has 0 unspecified atom stereocenters. The molecule has 3 aromatic rings. The number of H-pyrrole nitrogens is 1. The number of para-hydroxylation sites is 2. The molecule has 2 aliphatic heterocycles. The maximum atomic E-state index is 12.5. The molecule has 0 bridgehead atoms. The Morgan fingerprint density at radius 2 is 1.75 bits per heavy atom. The van der Waals surface area contributed by atoms with Crippen molar-refractivity contribution >= 4 is 17.1 Å². The van der Waals surface area contributed by atoms with Crippen LogP contribution in [0.5, 0.6) is 0 Å². The summed E-state index contributed by atoms with van der Waals surface area (Å²) in [5.74, 6) is 0. The minimum absolute atomic E-state index is 0.0113. The fraction of sp³-hybridized carbons (Fsp3) is 0.458. The largest absolute Gasteiger partial charge is 0.444 e. The number of amides is 1. The monoisotopic (exact) mass is 435 g/mol. The second kappa shape index (κ2) is 9.16. The first-order chi connectivity index (χ1) is 15.7. The first kappa shape index (κ1) is 20.8. The molecule has 8 nitrogen and oxygen atoms in total. The van der Waals surface area contributed by atoms with E-state index < -0.39 is 0 Å². The summed E-state index contributed by atoms with van der Waals surface area (Å²) in [5, 5.41) is 0. The van der Waals surface area contributed by atoms with Crippen LogP contribution in [0.3, 0.4) is 0 Å². The molecule has 0 aliphatic carbocycles. The number of carbonyl (C=O) groups excluding carboxylic acids is 1. The Morgan fingerprint density at radius 1 is 1.00 bits per heavy atom. The molecule has 0 atom stereocenters. The Labute approximate surface area is 186 Å². The average Bonchev–Trinajstić information content (AvgIpc) is 3.19. The zero-order chi connectivity index (χ0) is 21.9. The number of rotatable bonds is 4. The number of piperidine rings is 2. The standard InChI is InChI=1S/C24H29N5O3/c30-23-26-21-5-1-2-6-22(21)29(23)20-9-12-27(13-10-20)19-7-14-28(15-8-19)24(31)32-17-18-4-3-11-25-16-18/h1-6,11,16,19-20H,7-10,12-15,17H2,(H,26,30). The summed E-state index contributed by atoms with van der Waals surface area (Å²) in [6, 6.07) is 12.4. The third-order valence-corrected chi connectivity index (χ3v) is 6.81. The highest BCUT2D eigenvalue weighted by Crippen LogP contribution is 2.28. The third kappa shape index (κ3) is 4.27. The van der Waals surface area contributed by atoms with Crippen LogP contribution in [-0.2, 0) is 11.3 Å². The molecule has 168 valence electrons. The van der Waals surface area contributed by atoms with Crippen molar-refractivity contribution in [3.05, 3.63) is 64.8 Å². The van der Waals surface area contributed by atoms with E-state index in [0.29, 0.717) is 6.04 Å². The van der Waals surface area contributed by atoms with E-state index in [1.165, 1.54) is 0 Å². The number of ether oxygens (including phenoxy) is 1. The number of aromatic amines is 1. The van der Waals surface area contributed by atoms with Gasteiger partial charge in [-0.2, -0.15) is 0 Å². The van der Waals surface area contributed by atoms with E-state index in [9.17, 15) is 9.59 Å². The van der Waals surface area contributed by atoms with Gasteiger partial charge >= 0.3 is 11.8 Å². The molecule has 2 aliphatic rings. The zero-order valence-corrected chi connectivity index (χ0v) is 18.2. The predicted octanol–water partition coefficient (Wildman–Crippen LogP) is 3.16. The van der Waals surface area contributed by atoms with E-state index in [0.717, 1.165) is 68.5 Å². The number of benzene rings is 1. The van der Waals surface area contributed by atoms with Gasteiger partial charge in [-0.3, -0.25) is 9.55 Å². The van der Waals surface area contributed by atoms with E-state index in [1.54, 1.807) is 12.4 Å². The van der Waals surface area contributed by atoms with Crippen molar-refractivity contribution in [1.82, 2.24) is 24.3 Å². The minimum Gasteiger partial charge on any atom is -0.444 e. The van der Waals surface area contributed by atoms with Crippen molar-refractivity contribution in [2.24, 2.45) is 0 Å².